The molecular weight excluding hydrogens is 262 g/mol. The van der Waals surface area contributed by atoms with Crippen LogP contribution < -0.4 is 11.1 Å². The van der Waals surface area contributed by atoms with Gasteiger partial charge in [-0.15, -0.1) is 0 Å². The zero-order valence-corrected chi connectivity index (χ0v) is 13.8. The van der Waals surface area contributed by atoms with Gasteiger partial charge in [-0.25, -0.2) is 9.97 Å². The molecule has 1 saturated carbocycles. The van der Waals surface area contributed by atoms with Gasteiger partial charge in [0, 0.05) is 30.6 Å². The van der Waals surface area contributed by atoms with E-state index in [1.165, 1.54) is 25.7 Å². The second-order valence-corrected chi connectivity index (χ2v) is 7.10. The number of rotatable bonds is 5. The van der Waals surface area contributed by atoms with E-state index in [1.54, 1.807) is 0 Å². The molecule has 0 radical (unpaired) electrons. The maximum absolute atomic E-state index is 5.89. The van der Waals surface area contributed by atoms with Gasteiger partial charge in [-0.2, -0.15) is 0 Å². The van der Waals surface area contributed by atoms with Crippen LogP contribution in [-0.2, 0) is 5.41 Å². The van der Waals surface area contributed by atoms with Crippen LogP contribution in [0.2, 0.25) is 0 Å². The summed E-state index contributed by atoms with van der Waals surface area (Å²) in [6.45, 7) is 8.20. The lowest BCUT2D eigenvalue weighted by molar-refractivity contribution is 0.254. The van der Waals surface area contributed by atoms with Gasteiger partial charge in [-0.1, -0.05) is 33.6 Å². The lowest BCUT2D eigenvalue weighted by atomic mass is 9.96. The molecule has 1 fully saturated rings. The molecule has 1 aromatic heterocycles. The highest BCUT2D eigenvalue weighted by Crippen LogP contribution is 2.23. The molecule has 3 N–H and O–H groups in total. The molecule has 5 heteroatoms. The third-order valence-electron chi connectivity index (χ3n) is 4.14. The summed E-state index contributed by atoms with van der Waals surface area (Å²) < 4.78 is 0. The Balaban J connectivity index is 1.89. The van der Waals surface area contributed by atoms with Crippen LogP contribution in [0.5, 0.6) is 0 Å². The summed E-state index contributed by atoms with van der Waals surface area (Å²) in [6, 6.07) is 2.57. The van der Waals surface area contributed by atoms with Crippen molar-refractivity contribution in [2.24, 2.45) is 0 Å². The smallest absolute Gasteiger partial charge is 0.138 e. The van der Waals surface area contributed by atoms with Gasteiger partial charge in [0.1, 0.15) is 17.5 Å². The summed E-state index contributed by atoms with van der Waals surface area (Å²) in [4.78, 5) is 11.4. The average molecular weight is 291 g/mol. The van der Waals surface area contributed by atoms with E-state index in [1.807, 2.05) is 6.07 Å². The molecule has 2 rings (SSSR count). The summed E-state index contributed by atoms with van der Waals surface area (Å²) >= 11 is 0. The summed E-state index contributed by atoms with van der Waals surface area (Å²) in [7, 11) is 2.21. The van der Waals surface area contributed by atoms with Gasteiger partial charge < -0.3 is 16.0 Å². The molecule has 0 amide bonds. The summed E-state index contributed by atoms with van der Waals surface area (Å²) in [5.74, 6) is 2.14. The number of likely N-dealkylation sites (N-methyl/N-ethyl adjacent to an activating group) is 1. The van der Waals surface area contributed by atoms with Crippen LogP contribution in [0, 0.1) is 0 Å². The Morgan fingerprint density at radius 2 is 1.95 bits per heavy atom. The van der Waals surface area contributed by atoms with Crippen molar-refractivity contribution in [3.8, 4) is 0 Å². The maximum Gasteiger partial charge on any atom is 0.138 e. The van der Waals surface area contributed by atoms with Crippen LogP contribution in [0.1, 0.15) is 52.3 Å². The number of aromatic nitrogens is 2. The molecule has 21 heavy (non-hydrogen) atoms. The Morgan fingerprint density at radius 1 is 1.29 bits per heavy atom. The minimum absolute atomic E-state index is 0.0908. The van der Waals surface area contributed by atoms with Gasteiger partial charge in [0.25, 0.3) is 0 Å². The Labute approximate surface area is 128 Å². The SMILES string of the molecule is CN(CCNc1cc(N)nc(C(C)(C)C)n1)C1CCCC1. The quantitative estimate of drug-likeness (QED) is 0.873. The highest BCUT2D eigenvalue weighted by molar-refractivity contribution is 5.45. The van der Waals surface area contributed by atoms with E-state index < -0.39 is 0 Å². The number of hydrogen-bond acceptors (Lipinski definition) is 5. The fraction of sp³-hybridized carbons (Fsp3) is 0.750. The predicted octanol–water partition coefficient (Wildman–Crippen LogP) is 2.64. The molecule has 0 unspecified atom stereocenters. The standard InChI is InChI=1S/C16H29N5/c1-16(2,3)15-19-13(17)11-14(20-15)18-9-10-21(4)12-7-5-6-8-12/h11-12H,5-10H2,1-4H3,(H3,17,18,19,20). The minimum Gasteiger partial charge on any atom is -0.384 e. The molecule has 1 aliphatic rings. The second-order valence-electron chi connectivity index (χ2n) is 7.10. The largest absolute Gasteiger partial charge is 0.384 e. The molecular formula is C16H29N5. The van der Waals surface area contributed by atoms with Gasteiger partial charge in [0.05, 0.1) is 0 Å². The van der Waals surface area contributed by atoms with Gasteiger partial charge >= 0.3 is 0 Å². The minimum atomic E-state index is -0.0908. The van der Waals surface area contributed by atoms with Crippen molar-refractivity contribution in [3.63, 3.8) is 0 Å². The second kappa shape index (κ2) is 6.60. The molecule has 1 aliphatic carbocycles. The molecule has 0 aliphatic heterocycles. The molecule has 0 bridgehead atoms. The van der Waals surface area contributed by atoms with Crippen molar-refractivity contribution in [1.82, 2.24) is 14.9 Å². The van der Waals surface area contributed by atoms with Crippen LogP contribution in [0.4, 0.5) is 11.6 Å². The summed E-state index contributed by atoms with van der Waals surface area (Å²) in [5, 5.41) is 3.38. The fourth-order valence-corrected chi connectivity index (χ4v) is 2.78. The van der Waals surface area contributed by atoms with E-state index in [-0.39, 0.29) is 5.41 Å². The molecule has 1 aromatic rings. The number of nitrogens with one attached hydrogen (secondary N) is 1. The van der Waals surface area contributed by atoms with Crippen LogP contribution in [0.15, 0.2) is 6.07 Å². The van der Waals surface area contributed by atoms with Crippen molar-refractivity contribution >= 4 is 11.6 Å². The summed E-state index contributed by atoms with van der Waals surface area (Å²) in [6.07, 6.45) is 5.43. The zero-order valence-electron chi connectivity index (χ0n) is 13.8. The molecule has 0 saturated heterocycles. The number of nitrogen functional groups attached to an aromatic ring is 1. The lowest BCUT2D eigenvalue weighted by Crippen LogP contribution is -2.33. The maximum atomic E-state index is 5.89. The average Bonchev–Trinajstić information content (AvgIpc) is 2.90. The van der Waals surface area contributed by atoms with Crippen molar-refractivity contribution in [3.05, 3.63) is 11.9 Å². The van der Waals surface area contributed by atoms with E-state index >= 15 is 0 Å². The number of anilines is 2. The van der Waals surface area contributed by atoms with Crippen LogP contribution in [0.25, 0.3) is 0 Å². The fourth-order valence-electron chi connectivity index (χ4n) is 2.78. The Hall–Kier alpha value is -1.36. The molecule has 0 spiro atoms. The highest BCUT2D eigenvalue weighted by Gasteiger charge is 2.20. The van der Waals surface area contributed by atoms with Crippen molar-refractivity contribution < 1.29 is 0 Å². The van der Waals surface area contributed by atoms with E-state index in [0.717, 1.165) is 30.8 Å². The molecule has 0 aromatic carbocycles. The summed E-state index contributed by atoms with van der Waals surface area (Å²) in [5.41, 5.74) is 5.79. The van der Waals surface area contributed by atoms with E-state index in [2.05, 4.69) is 48.0 Å². The van der Waals surface area contributed by atoms with Gasteiger partial charge in [0.15, 0.2) is 0 Å². The Morgan fingerprint density at radius 3 is 2.57 bits per heavy atom. The number of hydrogen-bond donors (Lipinski definition) is 2. The number of nitrogens with zero attached hydrogens (tertiary/aromatic N) is 3. The zero-order chi connectivity index (χ0) is 15.5. The van der Waals surface area contributed by atoms with E-state index in [4.69, 9.17) is 5.73 Å². The molecule has 0 atom stereocenters. The van der Waals surface area contributed by atoms with Gasteiger partial charge in [-0.3, -0.25) is 0 Å². The Kier molecular flexibility index (Phi) is 5.04. The Bertz CT molecular complexity index is 460. The van der Waals surface area contributed by atoms with Crippen LogP contribution in [0.3, 0.4) is 0 Å². The first-order chi connectivity index (χ1) is 9.86. The molecule has 5 nitrogen and oxygen atoms in total. The predicted molar refractivity (Wildman–Crippen MR) is 88.5 cm³/mol. The first-order valence-corrected chi connectivity index (χ1v) is 7.95. The van der Waals surface area contributed by atoms with Crippen molar-refractivity contribution in [1.29, 1.82) is 0 Å². The normalized spacial score (nSPS) is 16.6. The van der Waals surface area contributed by atoms with Gasteiger partial charge in [-0.05, 0) is 19.9 Å². The topological polar surface area (TPSA) is 67.1 Å². The lowest BCUT2D eigenvalue weighted by Gasteiger charge is -2.24. The van der Waals surface area contributed by atoms with Gasteiger partial charge in [0.2, 0.25) is 0 Å². The first-order valence-electron chi connectivity index (χ1n) is 7.95. The molecule has 1 heterocycles. The third kappa shape index (κ3) is 4.56. The number of nitrogens with two attached hydrogens (primary N) is 1. The van der Waals surface area contributed by atoms with Crippen LogP contribution in [-0.4, -0.2) is 41.0 Å². The molecule has 118 valence electrons. The highest BCUT2D eigenvalue weighted by atomic mass is 15.2. The first kappa shape index (κ1) is 16.0. The van der Waals surface area contributed by atoms with Crippen molar-refractivity contribution in [2.75, 3.05) is 31.2 Å². The van der Waals surface area contributed by atoms with Crippen molar-refractivity contribution in [2.45, 2.75) is 57.9 Å². The third-order valence-corrected chi connectivity index (χ3v) is 4.14. The van der Waals surface area contributed by atoms with Crippen LogP contribution >= 0.6 is 0 Å². The van der Waals surface area contributed by atoms with E-state index in [0.29, 0.717) is 5.82 Å². The van der Waals surface area contributed by atoms with E-state index in [9.17, 15) is 0 Å². The monoisotopic (exact) mass is 291 g/mol.